The maximum Gasteiger partial charge on any atom is 0.405 e. The number of halogens is 3. The van der Waals surface area contributed by atoms with E-state index < -0.39 is 35.2 Å². The number of rotatable bonds is 7. The summed E-state index contributed by atoms with van der Waals surface area (Å²) in [4.78, 5) is 11.4. The van der Waals surface area contributed by atoms with E-state index in [0.29, 0.717) is 0 Å². The molecule has 1 aromatic rings. The summed E-state index contributed by atoms with van der Waals surface area (Å²) in [7, 11) is 0.350. The molecular weight excluding hydrogens is 351 g/mol. The molecule has 0 aliphatic heterocycles. The largest absolute Gasteiger partial charge is 0.495 e. The van der Waals surface area contributed by atoms with Crippen LogP contribution in [0.1, 0.15) is 0 Å². The van der Waals surface area contributed by atoms with Crippen LogP contribution in [0.3, 0.4) is 0 Å². The molecule has 0 saturated heterocycles. The molecule has 2 N–H and O–H groups in total. The van der Waals surface area contributed by atoms with Crippen LogP contribution < -0.4 is 15.4 Å². The van der Waals surface area contributed by atoms with E-state index in [0.717, 1.165) is 4.31 Å². The summed E-state index contributed by atoms with van der Waals surface area (Å²) < 4.78 is 66.3. The number of methoxy groups -OCH3 is 1. The van der Waals surface area contributed by atoms with Gasteiger partial charge in [0.25, 0.3) is 0 Å². The lowest BCUT2D eigenvalue weighted by Crippen LogP contribution is -2.37. The van der Waals surface area contributed by atoms with E-state index in [1.807, 2.05) is 0 Å². The third-order valence-electron chi connectivity index (χ3n) is 2.87. The van der Waals surface area contributed by atoms with Gasteiger partial charge in [-0.05, 0) is 18.2 Å². The number of sulfonamides is 1. The lowest BCUT2D eigenvalue weighted by atomic mass is 10.3. The number of amides is 1. The molecule has 1 rings (SSSR count). The third kappa shape index (κ3) is 5.57. The minimum atomic E-state index is -4.51. The lowest BCUT2D eigenvalue weighted by Gasteiger charge is -2.15. The van der Waals surface area contributed by atoms with Crippen LogP contribution in [-0.4, -0.2) is 59.1 Å². The van der Waals surface area contributed by atoms with Crippen LogP contribution in [0.5, 0.6) is 5.75 Å². The second-order valence-corrected chi connectivity index (χ2v) is 7.05. The molecule has 0 spiro atoms. The molecule has 0 heterocycles. The van der Waals surface area contributed by atoms with Crippen molar-refractivity contribution in [3.63, 3.8) is 0 Å². The Hall–Kier alpha value is -2.01. The Labute approximate surface area is 137 Å². The van der Waals surface area contributed by atoms with Crippen molar-refractivity contribution in [3.05, 3.63) is 18.2 Å². The van der Waals surface area contributed by atoms with Crippen molar-refractivity contribution in [1.82, 2.24) is 9.62 Å². The van der Waals surface area contributed by atoms with Gasteiger partial charge in [0, 0.05) is 14.1 Å². The number of nitrogens with zero attached hydrogens (tertiary/aromatic N) is 1. The predicted molar refractivity (Wildman–Crippen MR) is 81.4 cm³/mol. The molecule has 1 aromatic carbocycles. The molecule has 0 aliphatic rings. The number of anilines is 1. The second kappa shape index (κ2) is 7.71. The standard InChI is InChI=1S/C13H18F3N3O4S/c1-19(2)24(21,22)9-4-5-11(23-3)10(6-9)17-7-12(20)18-8-13(14,15)16/h4-6,17H,7-8H2,1-3H3,(H,18,20). The van der Waals surface area contributed by atoms with Crippen LogP contribution >= 0.6 is 0 Å². The summed E-state index contributed by atoms with van der Waals surface area (Å²) in [6, 6.07) is 3.95. The summed E-state index contributed by atoms with van der Waals surface area (Å²) in [5, 5.41) is 4.26. The smallest absolute Gasteiger partial charge is 0.405 e. The van der Waals surface area contributed by atoms with Gasteiger partial charge in [0.2, 0.25) is 15.9 Å². The van der Waals surface area contributed by atoms with Gasteiger partial charge in [0.1, 0.15) is 12.3 Å². The highest BCUT2D eigenvalue weighted by Crippen LogP contribution is 2.28. The van der Waals surface area contributed by atoms with Gasteiger partial charge in [-0.15, -0.1) is 0 Å². The molecule has 0 atom stereocenters. The van der Waals surface area contributed by atoms with E-state index in [1.54, 1.807) is 5.32 Å². The van der Waals surface area contributed by atoms with Crippen molar-refractivity contribution in [1.29, 1.82) is 0 Å². The molecule has 0 unspecified atom stereocenters. The highest BCUT2D eigenvalue weighted by Gasteiger charge is 2.27. The number of hydrogen-bond acceptors (Lipinski definition) is 5. The Balaban J connectivity index is 2.89. The molecule has 7 nitrogen and oxygen atoms in total. The molecule has 24 heavy (non-hydrogen) atoms. The van der Waals surface area contributed by atoms with Crippen molar-refractivity contribution < 1.29 is 31.1 Å². The summed E-state index contributed by atoms with van der Waals surface area (Å²) in [5.74, 6) is -0.647. The van der Waals surface area contributed by atoms with Gasteiger partial charge in [-0.25, -0.2) is 12.7 Å². The summed E-state index contributed by atoms with van der Waals surface area (Å²) in [6.07, 6.45) is -4.51. The molecule has 1 amide bonds. The minimum absolute atomic E-state index is 0.0495. The first-order chi connectivity index (χ1) is 11.0. The summed E-state index contributed by atoms with van der Waals surface area (Å²) in [5.41, 5.74) is 0.169. The quantitative estimate of drug-likeness (QED) is 0.750. The summed E-state index contributed by atoms with van der Waals surface area (Å²) >= 11 is 0. The van der Waals surface area contributed by atoms with E-state index in [4.69, 9.17) is 4.74 Å². The predicted octanol–water partition coefficient (Wildman–Crippen LogP) is 1.04. The fraction of sp³-hybridized carbons (Fsp3) is 0.462. The van der Waals surface area contributed by atoms with Crippen molar-refractivity contribution in [2.75, 3.05) is 39.6 Å². The first-order valence-corrected chi connectivity index (χ1v) is 8.09. The Morgan fingerprint density at radius 3 is 2.42 bits per heavy atom. The van der Waals surface area contributed by atoms with Gasteiger partial charge in [-0.2, -0.15) is 13.2 Å². The normalized spacial score (nSPS) is 12.1. The van der Waals surface area contributed by atoms with Crippen molar-refractivity contribution in [2.45, 2.75) is 11.1 Å². The number of hydrogen-bond donors (Lipinski definition) is 2. The van der Waals surface area contributed by atoms with Crippen LogP contribution in [0.25, 0.3) is 0 Å². The molecule has 136 valence electrons. The van der Waals surface area contributed by atoms with E-state index in [1.165, 1.54) is 39.4 Å². The molecule has 0 bridgehead atoms. The first kappa shape index (κ1) is 20.0. The van der Waals surface area contributed by atoms with E-state index in [9.17, 15) is 26.4 Å². The van der Waals surface area contributed by atoms with Gasteiger partial charge in [0.15, 0.2) is 0 Å². The van der Waals surface area contributed by atoms with E-state index in [-0.39, 0.29) is 16.3 Å². The zero-order chi connectivity index (χ0) is 18.5. The number of alkyl halides is 3. The zero-order valence-corrected chi connectivity index (χ0v) is 14.1. The van der Waals surface area contributed by atoms with Gasteiger partial charge < -0.3 is 15.4 Å². The molecule has 11 heteroatoms. The highest BCUT2D eigenvalue weighted by molar-refractivity contribution is 7.89. The van der Waals surface area contributed by atoms with Crippen molar-refractivity contribution in [2.24, 2.45) is 0 Å². The average molecular weight is 369 g/mol. The monoisotopic (exact) mass is 369 g/mol. The van der Waals surface area contributed by atoms with Crippen LogP contribution in [0.4, 0.5) is 18.9 Å². The van der Waals surface area contributed by atoms with Crippen LogP contribution in [0.15, 0.2) is 23.1 Å². The third-order valence-corrected chi connectivity index (χ3v) is 4.69. The Morgan fingerprint density at radius 1 is 1.29 bits per heavy atom. The topological polar surface area (TPSA) is 87.7 Å². The Morgan fingerprint density at radius 2 is 1.92 bits per heavy atom. The number of benzene rings is 1. The van der Waals surface area contributed by atoms with Gasteiger partial charge in [0.05, 0.1) is 24.2 Å². The second-order valence-electron chi connectivity index (χ2n) is 4.89. The van der Waals surface area contributed by atoms with E-state index >= 15 is 0 Å². The fourth-order valence-corrected chi connectivity index (χ4v) is 2.56. The highest BCUT2D eigenvalue weighted by atomic mass is 32.2. The van der Waals surface area contributed by atoms with Crippen molar-refractivity contribution in [3.8, 4) is 5.75 Å². The minimum Gasteiger partial charge on any atom is -0.495 e. The van der Waals surface area contributed by atoms with Gasteiger partial charge >= 0.3 is 6.18 Å². The molecule has 0 aromatic heterocycles. The van der Waals surface area contributed by atoms with Crippen molar-refractivity contribution >= 4 is 21.6 Å². The summed E-state index contributed by atoms with van der Waals surface area (Å²) in [6.45, 7) is -1.92. The molecule has 0 fully saturated rings. The number of ether oxygens (including phenoxy) is 1. The maximum absolute atomic E-state index is 12.1. The average Bonchev–Trinajstić information content (AvgIpc) is 2.49. The molecule has 0 aliphatic carbocycles. The molecule has 0 radical (unpaired) electrons. The molecular formula is C13H18F3N3O4S. The van der Waals surface area contributed by atoms with Crippen LogP contribution in [0.2, 0.25) is 0 Å². The number of nitrogens with one attached hydrogen (secondary N) is 2. The van der Waals surface area contributed by atoms with Gasteiger partial charge in [-0.3, -0.25) is 4.79 Å². The first-order valence-electron chi connectivity index (χ1n) is 6.65. The Bertz CT molecular complexity index is 690. The Kier molecular flexibility index (Phi) is 6.43. The number of carbonyl (C=O) groups excluding carboxylic acids is 1. The fourth-order valence-electron chi connectivity index (χ4n) is 1.63. The van der Waals surface area contributed by atoms with E-state index in [2.05, 4.69) is 5.32 Å². The van der Waals surface area contributed by atoms with Gasteiger partial charge in [-0.1, -0.05) is 0 Å². The van der Waals surface area contributed by atoms with Crippen LogP contribution in [-0.2, 0) is 14.8 Å². The molecule has 0 saturated carbocycles. The number of carbonyl (C=O) groups is 1. The lowest BCUT2D eigenvalue weighted by molar-refractivity contribution is -0.137. The maximum atomic E-state index is 12.1. The van der Waals surface area contributed by atoms with Crippen LogP contribution in [0, 0.1) is 0 Å². The SMILES string of the molecule is COc1ccc(S(=O)(=O)N(C)C)cc1NCC(=O)NCC(F)(F)F. The zero-order valence-electron chi connectivity index (χ0n) is 13.3.